The Kier molecular flexibility index (Phi) is 4.19. The predicted octanol–water partition coefficient (Wildman–Crippen LogP) is 2.17. The van der Waals surface area contributed by atoms with Crippen molar-refractivity contribution >= 4 is 21.8 Å². The third kappa shape index (κ3) is 3.22. The summed E-state index contributed by atoms with van der Waals surface area (Å²) in [6.07, 6.45) is 5.38. The Morgan fingerprint density at radius 1 is 1.56 bits per heavy atom. The number of hydrogen-bond acceptors (Lipinski definition) is 2. The zero-order valence-electron chi connectivity index (χ0n) is 10.1. The monoisotopic (exact) mass is 310 g/mol. The van der Waals surface area contributed by atoms with Gasteiger partial charge < -0.3 is 10.3 Å². The molecule has 0 bridgehead atoms. The van der Waals surface area contributed by atoms with Gasteiger partial charge in [0.1, 0.15) is 5.69 Å². The van der Waals surface area contributed by atoms with Crippen molar-refractivity contribution in [2.75, 3.05) is 6.54 Å². The van der Waals surface area contributed by atoms with Crippen molar-refractivity contribution in [2.45, 2.75) is 19.8 Å². The van der Waals surface area contributed by atoms with E-state index in [0.29, 0.717) is 12.2 Å². The van der Waals surface area contributed by atoms with Crippen LogP contribution < -0.4 is 5.32 Å². The molecular weight excluding hydrogens is 296 g/mol. The number of carbonyl (C=O) groups excluding carboxylic acids is 1. The van der Waals surface area contributed by atoms with E-state index in [0.717, 1.165) is 23.0 Å². The Balaban J connectivity index is 1.73. The first-order valence-electron chi connectivity index (χ1n) is 5.78. The highest BCUT2D eigenvalue weighted by Gasteiger charge is 2.07. The molecule has 0 radical (unpaired) electrons. The molecule has 2 aromatic heterocycles. The highest BCUT2D eigenvalue weighted by Crippen LogP contribution is 2.10. The number of aryl methyl sites for hydroxylation is 2. The molecule has 0 aliphatic heterocycles. The van der Waals surface area contributed by atoms with Crippen LogP contribution in [0, 0.1) is 6.92 Å². The number of hydrogen-bond donors (Lipinski definition) is 3. The number of carbonyl (C=O) groups is 1. The summed E-state index contributed by atoms with van der Waals surface area (Å²) in [5, 5.41) is 9.74. The SMILES string of the molecule is Cc1[nH]ncc1CCCNC(=O)c1cc(Br)c[nH]1. The highest BCUT2D eigenvalue weighted by atomic mass is 79.9. The number of halogens is 1. The number of amides is 1. The normalized spacial score (nSPS) is 10.6. The van der Waals surface area contributed by atoms with Crippen LogP contribution in [0.3, 0.4) is 0 Å². The molecule has 0 spiro atoms. The van der Waals surface area contributed by atoms with E-state index in [1.807, 2.05) is 13.1 Å². The quantitative estimate of drug-likeness (QED) is 0.740. The molecule has 5 nitrogen and oxygen atoms in total. The van der Waals surface area contributed by atoms with E-state index in [-0.39, 0.29) is 5.91 Å². The summed E-state index contributed by atoms with van der Waals surface area (Å²) in [7, 11) is 0. The maximum atomic E-state index is 11.7. The first-order chi connectivity index (χ1) is 8.66. The molecule has 96 valence electrons. The Morgan fingerprint density at radius 2 is 2.39 bits per heavy atom. The molecule has 0 saturated carbocycles. The van der Waals surface area contributed by atoms with Gasteiger partial charge in [-0.3, -0.25) is 9.89 Å². The lowest BCUT2D eigenvalue weighted by Gasteiger charge is -2.03. The number of H-pyrrole nitrogens is 2. The van der Waals surface area contributed by atoms with Crippen LogP contribution in [0.25, 0.3) is 0 Å². The summed E-state index contributed by atoms with van der Waals surface area (Å²) in [6, 6.07) is 1.76. The Labute approximate surface area is 113 Å². The molecule has 2 rings (SSSR count). The molecule has 2 heterocycles. The van der Waals surface area contributed by atoms with E-state index >= 15 is 0 Å². The van der Waals surface area contributed by atoms with Gasteiger partial charge >= 0.3 is 0 Å². The number of aromatic nitrogens is 3. The van der Waals surface area contributed by atoms with Crippen LogP contribution in [0.2, 0.25) is 0 Å². The summed E-state index contributed by atoms with van der Waals surface area (Å²) >= 11 is 3.29. The van der Waals surface area contributed by atoms with Crippen LogP contribution in [0.15, 0.2) is 22.9 Å². The molecule has 0 fully saturated rings. The Bertz CT molecular complexity index is 532. The van der Waals surface area contributed by atoms with E-state index in [1.54, 1.807) is 12.3 Å². The molecule has 0 aliphatic carbocycles. The molecule has 18 heavy (non-hydrogen) atoms. The van der Waals surface area contributed by atoms with Crippen molar-refractivity contribution in [3.05, 3.63) is 39.9 Å². The minimum atomic E-state index is -0.0791. The zero-order chi connectivity index (χ0) is 13.0. The highest BCUT2D eigenvalue weighted by molar-refractivity contribution is 9.10. The number of rotatable bonds is 5. The molecule has 3 N–H and O–H groups in total. The second kappa shape index (κ2) is 5.86. The fourth-order valence-corrected chi connectivity index (χ4v) is 2.05. The maximum absolute atomic E-state index is 11.7. The molecular formula is C12H15BrN4O. The van der Waals surface area contributed by atoms with Crippen LogP contribution in [-0.4, -0.2) is 27.6 Å². The first-order valence-corrected chi connectivity index (χ1v) is 6.57. The topological polar surface area (TPSA) is 73.6 Å². The van der Waals surface area contributed by atoms with Crippen molar-refractivity contribution in [3.8, 4) is 0 Å². The molecule has 2 aromatic rings. The molecule has 0 saturated heterocycles. The molecule has 0 aliphatic rings. The lowest BCUT2D eigenvalue weighted by molar-refractivity contribution is 0.0949. The van der Waals surface area contributed by atoms with Gasteiger partial charge in [-0.1, -0.05) is 0 Å². The lowest BCUT2D eigenvalue weighted by atomic mass is 10.1. The maximum Gasteiger partial charge on any atom is 0.267 e. The van der Waals surface area contributed by atoms with Crippen LogP contribution in [0.1, 0.15) is 28.2 Å². The summed E-state index contributed by atoms with van der Waals surface area (Å²) in [4.78, 5) is 14.6. The van der Waals surface area contributed by atoms with Crippen molar-refractivity contribution in [3.63, 3.8) is 0 Å². The van der Waals surface area contributed by atoms with Gasteiger partial charge in [-0.2, -0.15) is 5.10 Å². The minimum Gasteiger partial charge on any atom is -0.356 e. The second-order valence-electron chi connectivity index (χ2n) is 4.11. The van der Waals surface area contributed by atoms with Gasteiger partial charge in [-0.05, 0) is 47.3 Å². The molecule has 0 aromatic carbocycles. The zero-order valence-corrected chi connectivity index (χ0v) is 11.7. The summed E-state index contributed by atoms with van der Waals surface area (Å²) < 4.78 is 0.877. The number of nitrogens with zero attached hydrogens (tertiary/aromatic N) is 1. The first kappa shape index (κ1) is 12.9. The number of nitrogens with one attached hydrogen (secondary N) is 3. The Hall–Kier alpha value is -1.56. The average Bonchev–Trinajstić information content (AvgIpc) is 2.94. The predicted molar refractivity (Wildman–Crippen MR) is 72.5 cm³/mol. The summed E-state index contributed by atoms with van der Waals surface area (Å²) in [5.41, 5.74) is 2.86. The van der Waals surface area contributed by atoms with Crippen LogP contribution in [0.4, 0.5) is 0 Å². The van der Waals surface area contributed by atoms with E-state index in [9.17, 15) is 4.79 Å². The fraction of sp³-hybridized carbons (Fsp3) is 0.333. The van der Waals surface area contributed by atoms with Gasteiger partial charge in [-0.25, -0.2) is 0 Å². The average molecular weight is 311 g/mol. The lowest BCUT2D eigenvalue weighted by Crippen LogP contribution is -2.25. The summed E-state index contributed by atoms with van der Waals surface area (Å²) in [5.74, 6) is -0.0791. The van der Waals surface area contributed by atoms with E-state index in [2.05, 4.69) is 36.4 Å². The molecule has 1 amide bonds. The van der Waals surface area contributed by atoms with E-state index < -0.39 is 0 Å². The van der Waals surface area contributed by atoms with Gasteiger partial charge in [0, 0.05) is 22.9 Å². The third-order valence-corrected chi connectivity index (χ3v) is 3.19. The molecule has 0 unspecified atom stereocenters. The summed E-state index contributed by atoms with van der Waals surface area (Å²) in [6.45, 7) is 2.65. The minimum absolute atomic E-state index is 0.0791. The Morgan fingerprint density at radius 3 is 3.00 bits per heavy atom. The van der Waals surface area contributed by atoms with Crippen LogP contribution in [0.5, 0.6) is 0 Å². The van der Waals surface area contributed by atoms with Gasteiger partial charge in [-0.15, -0.1) is 0 Å². The largest absolute Gasteiger partial charge is 0.356 e. The van der Waals surface area contributed by atoms with Crippen molar-refractivity contribution in [1.29, 1.82) is 0 Å². The van der Waals surface area contributed by atoms with Gasteiger partial charge in [0.2, 0.25) is 0 Å². The number of aromatic amines is 2. The van der Waals surface area contributed by atoms with Gasteiger partial charge in [0.05, 0.1) is 6.20 Å². The second-order valence-corrected chi connectivity index (χ2v) is 5.03. The van der Waals surface area contributed by atoms with Crippen molar-refractivity contribution < 1.29 is 4.79 Å². The third-order valence-electron chi connectivity index (χ3n) is 2.74. The van der Waals surface area contributed by atoms with Crippen molar-refractivity contribution in [2.24, 2.45) is 0 Å². The van der Waals surface area contributed by atoms with Crippen LogP contribution >= 0.6 is 15.9 Å². The fourth-order valence-electron chi connectivity index (χ4n) is 1.70. The molecule has 0 atom stereocenters. The van der Waals surface area contributed by atoms with Crippen LogP contribution in [-0.2, 0) is 6.42 Å². The van der Waals surface area contributed by atoms with E-state index in [1.165, 1.54) is 5.56 Å². The van der Waals surface area contributed by atoms with Crippen molar-refractivity contribution in [1.82, 2.24) is 20.5 Å². The van der Waals surface area contributed by atoms with Gasteiger partial charge in [0.15, 0.2) is 0 Å². The van der Waals surface area contributed by atoms with E-state index in [4.69, 9.17) is 0 Å². The standard InChI is InChI=1S/C12H15BrN4O/c1-8-9(6-16-17-8)3-2-4-14-12(18)11-5-10(13)7-15-11/h5-7,15H,2-4H2,1H3,(H,14,18)(H,16,17). The van der Waals surface area contributed by atoms with Gasteiger partial charge in [0.25, 0.3) is 5.91 Å². The molecule has 6 heteroatoms. The smallest absolute Gasteiger partial charge is 0.267 e.